The number of nitrogens with one attached hydrogen (secondary N) is 3. The predicted octanol–water partition coefficient (Wildman–Crippen LogP) is 3.07. The summed E-state index contributed by atoms with van der Waals surface area (Å²) in [4.78, 5) is 11.7. The van der Waals surface area contributed by atoms with Gasteiger partial charge in [0.25, 0.3) is 0 Å². The average molecular weight is 496 g/mol. The van der Waals surface area contributed by atoms with Gasteiger partial charge >= 0.3 is 17.1 Å². The van der Waals surface area contributed by atoms with Crippen molar-refractivity contribution in [2.24, 2.45) is 0 Å². The maximum atomic E-state index is 4.62. The van der Waals surface area contributed by atoms with Crippen LogP contribution < -0.4 is 16.0 Å². The number of aromatic nitrogens is 2. The van der Waals surface area contributed by atoms with Crippen LogP contribution in [-0.2, 0) is 36.7 Å². The summed E-state index contributed by atoms with van der Waals surface area (Å²) in [6.07, 6.45) is 3.74. The van der Waals surface area contributed by atoms with Gasteiger partial charge in [-0.25, -0.2) is 0 Å². The number of fused-ring (bicyclic) bond motifs is 5. The van der Waals surface area contributed by atoms with Crippen LogP contribution in [-0.4, -0.2) is 54.1 Å². The van der Waals surface area contributed by atoms with E-state index in [0.717, 1.165) is 75.3 Å². The summed E-state index contributed by atoms with van der Waals surface area (Å²) < 4.78 is 0. The monoisotopic (exact) mass is 495 g/mol. The molecule has 1 radical (unpaired) electrons. The Labute approximate surface area is 212 Å². The summed E-state index contributed by atoms with van der Waals surface area (Å²) in [5, 5.41) is 13.2. The van der Waals surface area contributed by atoms with E-state index in [4.69, 9.17) is 0 Å². The number of benzene rings is 2. The van der Waals surface area contributed by atoms with E-state index < -0.39 is 0 Å². The van der Waals surface area contributed by atoms with Crippen LogP contribution in [0.5, 0.6) is 0 Å². The molecule has 175 valence electrons. The Morgan fingerprint density at radius 3 is 2.38 bits per heavy atom. The molecule has 0 aliphatic carbocycles. The number of rotatable bonds is 5. The van der Waals surface area contributed by atoms with Gasteiger partial charge in [-0.1, -0.05) is 42.5 Å². The van der Waals surface area contributed by atoms with E-state index in [1.807, 2.05) is 18.5 Å². The Balaban J connectivity index is 0.00000274. The first-order valence-corrected chi connectivity index (χ1v) is 11.9. The summed E-state index contributed by atoms with van der Waals surface area (Å²) in [6.45, 7) is 8.78. The van der Waals surface area contributed by atoms with Gasteiger partial charge < -0.3 is 16.0 Å². The van der Waals surface area contributed by atoms with E-state index in [2.05, 4.69) is 79.3 Å². The van der Waals surface area contributed by atoms with E-state index >= 15 is 0 Å². The average Bonchev–Trinajstić information content (AvgIpc) is 2.86. The van der Waals surface area contributed by atoms with Gasteiger partial charge in [0.05, 0.1) is 11.0 Å². The fourth-order valence-electron chi connectivity index (χ4n) is 4.55. The van der Waals surface area contributed by atoms with Crippen molar-refractivity contribution < 1.29 is 17.1 Å². The Morgan fingerprint density at radius 2 is 1.59 bits per heavy atom. The van der Waals surface area contributed by atoms with Gasteiger partial charge in [-0.15, -0.1) is 0 Å². The van der Waals surface area contributed by atoms with Crippen LogP contribution in [0.2, 0.25) is 0 Å². The van der Waals surface area contributed by atoms with E-state index in [-0.39, 0.29) is 17.1 Å². The van der Waals surface area contributed by atoms with E-state index in [0.29, 0.717) is 0 Å². The Morgan fingerprint density at radius 1 is 0.824 bits per heavy atom. The second kappa shape index (κ2) is 12.4. The quantitative estimate of drug-likeness (QED) is 0.225. The summed E-state index contributed by atoms with van der Waals surface area (Å²) in [5.74, 6) is 0. The molecule has 0 saturated heterocycles. The summed E-state index contributed by atoms with van der Waals surface area (Å²) in [7, 11) is 0. The molecule has 0 saturated carbocycles. The van der Waals surface area contributed by atoms with Gasteiger partial charge in [0.15, 0.2) is 0 Å². The van der Waals surface area contributed by atoms with Crippen LogP contribution in [0.15, 0.2) is 67.0 Å². The minimum absolute atomic E-state index is 0. The zero-order valence-corrected chi connectivity index (χ0v) is 20.6. The molecule has 34 heavy (non-hydrogen) atoms. The summed E-state index contributed by atoms with van der Waals surface area (Å²) in [5.41, 5.74) is 5.94. The van der Waals surface area contributed by atoms with Gasteiger partial charge in [-0.3, -0.25) is 14.9 Å². The van der Waals surface area contributed by atoms with Gasteiger partial charge in [0, 0.05) is 82.1 Å². The minimum Gasteiger partial charge on any atom is -0.311 e. The Kier molecular flexibility index (Phi) is 8.99. The molecule has 1 aliphatic rings. The van der Waals surface area contributed by atoms with E-state index in [1.165, 1.54) is 22.1 Å². The fourth-order valence-corrected chi connectivity index (χ4v) is 4.55. The van der Waals surface area contributed by atoms with Crippen molar-refractivity contribution in [2.45, 2.75) is 19.6 Å². The predicted molar refractivity (Wildman–Crippen MR) is 135 cm³/mol. The van der Waals surface area contributed by atoms with Gasteiger partial charge in [-0.2, -0.15) is 0 Å². The van der Waals surface area contributed by atoms with Gasteiger partial charge in [0.1, 0.15) is 0 Å². The topological polar surface area (TPSA) is 65.1 Å². The molecule has 0 spiro atoms. The largest absolute Gasteiger partial charge is 2.00 e. The van der Waals surface area contributed by atoms with Crippen LogP contribution in [0.4, 0.5) is 0 Å². The van der Waals surface area contributed by atoms with Crippen molar-refractivity contribution in [3.63, 3.8) is 0 Å². The van der Waals surface area contributed by atoms with Crippen LogP contribution in [0, 0.1) is 0 Å². The number of nitrogens with zero attached hydrogens (tertiary/aromatic N) is 3. The van der Waals surface area contributed by atoms with Crippen LogP contribution in [0.3, 0.4) is 0 Å². The molecule has 0 unspecified atom stereocenters. The van der Waals surface area contributed by atoms with Crippen molar-refractivity contribution >= 4 is 21.8 Å². The SMILES string of the molecule is [Mn+2].c1cc2cc(c1)CNCCN(CCNCc1ccnc3c1ccc1cccnc13)CCNC2. The molecule has 2 aromatic carbocycles. The standard InChI is InChI=1S/C27H32N6.Mn/c1-3-21-17-22(4-1)19-29-12-15-33(14-11-28-18-21)16-13-30-20-24-8-10-32-27-25(24)7-6-23-5-2-9-31-26(23)27;/h1-10,17,28-30H,11-16,18-20H2;/q;+2. The first-order valence-electron chi connectivity index (χ1n) is 11.9. The molecule has 5 rings (SSSR count). The molecule has 2 aromatic heterocycles. The molecule has 3 heterocycles. The van der Waals surface area contributed by atoms with Crippen molar-refractivity contribution in [3.8, 4) is 0 Å². The van der Waals surface area contributed by atoms with Crippen molar-refractivity contribution in [3.05, 3.63) is 83.7 Å². The van der Waals surface area contributed by atoms with Crippen molar-refractivity contribution in [1.29, 1.82) is 0 Å². The molecule has 7 heteroatoms. The van der Waals surface area contributed by atoms with Crippen LogP contribution in [0.25, 0.3) is 21.8 Å². The second-order valence-electron chi connectivity index (χ2n) is 8.70. The molecule has 0 atom stereocenters. The number of hydrogen-bond donors (Lipinski definition) is 3. The van der Waals surface area contributed by atoms with E-state index in [9.17, 15) is 0 Å². The summed E-state index contributed by atoms with van der Waals surface area (Å²) in [6, 6.07) is 19.3. The normalized spacial score (nSPS) is 15.4. The molecular formula is C27H32MnN6+2. The Bertz CT molecular complexity index is 1190. The molecule has 1 aliphatic heterocycles. The molecular weight excluding hydrogens is 463 g/mol. The zero-order chi connectivity index (χ0) is 22.3. The minimum atomic E-state index is 0. The third kappa shape index (κ3) is 6.19. The maximum Gasteiger partial charge on any atom is 2.00 e. The molecule has 2 bridgehead atoms. The molecule has 0 amide bonds. The van der Waals surface area contributed by atoms with Gasteiger partial charge in [-0.05, 0) is 28.8 Å². The van der Waals surface area contributed by atoms with E-state index in [1.54, 1.807) is 0 Å². The maximum absolute atomic E-state index is 4.62. The smallest absolute Gasteiger partial charge is 0.311 e. The van der Waals surface area contributed by atoms with Crippen LogP contribution >= 0.6 is 0 Å². The number of hydrogen-bond acceptors (Lipinski definition) is 6. The third-order valence-electron chi connectivity index (χ3n) is 6.35. The van der Waals surface area contributed by atoms with Crippen molar-refractivity contribution in [1.82, 2.24) is 30.8 Å². The third-order valence-corrected chi connectivity index (χ3v) is 6.35. The van der Waals surface area contributed by atoms with Crippen LogP contribution in [0.1, 0.15) is 16.7 Å². The van der Waals surface area contributed by atoms with Gasteiger partial charge in [0.2, 0.25) is 0 Å². The first kappa shape index (κ1) is 24.7. The summed E-state index contributed by atoms with van der Waals surface area (Å²) >= 11 is 0. The molecule has 6 nitrogen and oxygen atoms in total. The second-order valence-corrected chi connectivity index (χ2v) is 8.70. The fraction of sp³-hybridized carbons (Fsp3) is 0.333. The zero-order valence-electron chi connectivity index (χ0n) is 19.4. The Hall–Kier alpha value is -2.38. The van der Waals surface area contributed by atoms with Crippen molar-refractivity contribution in [2.75, 3.05) is 39.3 Å². The molecule has 0 fully saturated rings. The first-order chi connectivity index (χ1) is 16.4. The molecule has 4 aromatic rings. The number of pyridine rings is 2. The molecule has 3 N–H and O–H groups in total.